The van der Waals surface area contributed by atoms with Crippen molar-refractivity contribution in [3.63, 3.8) is 0 Å². The van der Waals surface area contributed by atoms with E-state index in [9.17, 15) is 19.8 Å². The molecule has 0 bridgehead atoms. The number of hydrogen-bond donors (Lipinski definition) is 5. The molecule has 6 N–H and O–H groups in total. The van der Waals surface area contributed by atoms with Crippen molar-refractivity contribution in [3.05, 3.63) is 0 Å². The molecule has 5 rings (SSSR count). The number of methoxy groups -OCH3 is 1. The molecule has 0 aromatic carbocycles. The summed E-state index contributed by atoms with van der Waals surface area (Å²) in [6, 6.07) is 0. The maximum atomic E-state index is 14.4. The quantitative estimate of drug-likeness (QED) is 0.0945. The molecule has 3 saturated carbocycles. The van der Waals surface area contributed by atoms with E-state index in [-0.39, 0.29) is 71.7 Å². The number of piperidine rings is 1. The highest BCUT2D eigenvalue weighted by Crippen LogP contribution is 2.47. The van der Waals surface area contributed by atoms with Crippen LogP contribution in [0.25, 0.3) is 0 Å². The van der Waals surface area contributed by atoms with Gasteiger partial charge in [-0.3, -0.25) is 9.59 Å². The van der Waals surface area contributed by atoms with Gasteiger partial charge in [-0.2, -0.15) is 0 Å². The van der Waals surface area contributed by atoms with Gasteiger partial charge in [0, 0.05) is 37.8 Å². The fraction of sp³-hybridized carbons (Fsp3) is 0.907. The van der Waals surface area contributed by atoms with Gasteiger partial charge in [-0.25, -0.2) is 0 Å². The first-order valence-electron chi connectivity index (χ1n) is 21.3. The fourth-order valence-corrected chi connectivity index (χ4v) is 11.4. The van der Waals surface area contributed by atoms with Crippen LogP contribution in [0.3, 0.4) is 0 Å². The van der Waals surface area contributed by atoms with E-state index in [2.05, 4.69) is 36.3 Å². The number of rotatable bonds is 12. The molecular formula is C43H73N3O5. The number of carbonyl (C=O) groups excluding carboxylic acids is 2. The lowest BCUT2D eigenvalue weighted by Gasteiger charge is -2.44. The minimum absolute atomic E-state index is 0.0117. The van der Waals surface area contributed by atoms with Gasteiger partial charge in [0.2, 0.25) is 0 Å². The Labute approximate surface area is 310 Å². The minimum Gasteiger partial charge on any atom is -0.392 e. The summed E-state index contributed by atoms with van der Waals surface area (Å²) in [5, 5.41) is 29.8. The molecule has 0 aromatic heterocycles. The Morgan fingerprint density at radius 2 is 1.75 bits per heavy atom. The minimum atomic E-state index is -0.518. The Bertz CT molecular complexity index is 1150. The third kappa shape index (κ3) is 11.3. The maximum Gasteiger partial charge on any atom is 0.144 e. The first-order valence-corrected chi connectivity index (χ1v) is 21.3. The number of Topliss-reactive ketones (excluding diaryl/α,β-unsaturated/α-hetero) is 2. The third-order valence-electron chi connectivity index (χ3n) is 14.0. The second-order valence-corrected chi connectivity index (χ2v) is 17.6. The number of aliphatic hydroxyl groups is 2. The normalized spacial score (nSPS) is 38.5. The predicted octanol–water partition coefficient (Wildman–Crippen LogP) is 6.01. The van der Waals surface area contributed by atoms with Gasteiger partial charge < -0.3 is 31.3 Å². The summed E-state index contributed by atoms with van der Waals surface area (Å²) in [6.45, 7) is 6.75. The number of carbonyl (C=O) groups is 2. The van der Waals surface area contributed by atoms with Crippen LogP contribution in [0, 0.1) is 71.0 Å². The van der Waals surface area contributed by atoms with Gasteiger partial charge in [0.05, 0.1) is 30.9 Å². The van der Waals surface area contributed by atoms with Gasteiger partial charge >= 0.3 is 0 Å². The first-order chi connectivity index (χ1) is 24.7. The smallest absolute Gasteiger partial charge is 0.144 e. The zero-order chi connectivity index (χ0) is 36.3. The van der Waals surface area contributed by atoms with Crippen molar-refractivity contribution in [3.8, 4) is 11.8 Å². The van der Waals surface area contributed by atoms with Crippen molar-refractivity contribution in [2.75, 3.05) is 26.7 Å². The van der Waals surface area contributed by atoms with Gasteiger partial charge in [0.1, 0.15) is 11.6 Å². The number of aliphatic hydroxyl groups excluding tert-OH is 2. The number of nitrogens with one attached hydrogen (secondary N) is 2. The van der Waals surface area contributed by atoms with Gasteiger partial charge in [-0.1, -0.05) is 51.4 Å². The average Bonchev–Trinajstić information content (AvgIpc) is 3.29. The molecule has 8 heteroatoms. The lowest BCUT2D eigenvalue weighted by Crippen LogP contribution is -2.44. The SMILES string of the molecule is CCCNC[C@H](O)[C@H](CCC)[C@@H]1C[C@H](CC2CCNC(N)C2)C[C@@H]2C#C[C@H](C3CCCCC3)C3CC(O)C(OC)CC3CCC(=O)CC(=O)[C@@H]2C1. The molecule has 5 aliphatic rings. The van der Waals surface area contributed by atoms with Crippen LogP contribution in [0.15, 0.2) is 0 Å². The molecule has 4 fully saturated rings. The molecular weight excluding hydrogens is 638 g/mol. The number of ether oxygens (including phenoxy) is 1. The van der Waals surface area contributed by atoms with E-state index in [1.54, 1.807) is 7.11 Å². The monoisotopic (exact) mass is 712 g/mol. The van der Waals surface area contributed by atoms with E-state index in [4.69, 9.17) is 10.5 Å². The summed E-state index contributed by atoms with van der Waals surface area (Å²) in [5.74, 6) is 9.91. The molecule has 4 aliphatic carbocycles. The van der Waals surface area contributed by atoms with Crippen LogP contribution < -0.4 is 16.4 Å². The highest BCUT2D eigenvalue weighted by atomic mass is 16.5. The molecule has 1 saturated heterocycles. The summed E-state index contributed by atoms with van der Waals surface area (Å²) in [6.07, 6.45) is 16.1. The molecule has 13 atom stereocenters. The van der Waals surface area contributed by atoms with E-state index >= 15 is 0 Å². The van der Waals surface area contributed by atoms with Crippen molar-refractivity contribution in [1.82, 2.24) is 10.6 Å². The van der Waals surface area contributed by atoms with E-state index in [0.29, 0.717) is 43.6 Å². The molecule has 290 valence electrons. The summed E-state index contributed by atoms with van der Waals surface area (Å²) in [7, 11) is 1.69. The van der Waals surface area contributed by atoms with E-state index in [1.807, 2.05) is 0 Å². The fourth-order valence-electron chi connectivity index (χ4n) is 11.4. The average molecular weight is 712 g/mol. The summed E-state index contributed by atoms with van der Waals surface area (Å²) in [4.78, 5) is 28.1. The topological polar surface area (TPSA) is 134 Å². The second-order valence-electron chi connectivity index (χ2n) is 17.6. The molecule has 0 radical (unpaired) electrons. The Morgan fingerprint density at radius 3 is 2.47 bits per heavy atom. The second kappa shape index (κ2) is 20.4. The lowest BCUT2D eigenvalue weighted by atomic mass is 9.63. The van der Waals surface area contributed by atoms with Gasteiger partial charge in [0.25, 0.3) is 0 Å². The number of nitrogens with two attached hydrogens (primary N) is 1. The van der Waals surface area contributed by atoms with Crippen LogP contribution in [0.1, 0.15) is 136 Å². The van der Waals surface area contributed by atoms with E-state index in [0.717, 1.165) is 77.3 Å². The van der Waals surface area contributed by atoms with Crippen molar-refractivity contribution < 1.29 is 24.5 Å². The molecule has 8 nitrogen and oxygen atoms in total. The lowest BCUT2D eigenvalue weighted by molar-refractivity contribution is -0.131. The molecule has 6 unspecified atom stereocenters. The van der Waals surface area contributed by atoms with Crippen molar-refractivity contribution in [2.45, 2.75) is 160 Å². The summed E-state index contributed by atoms with van der Waals surface area (Å²) < 4.78 is 5.75. The Kier molecular flexibility index (Phi) is 16.3. The summed E-state index contributed by atoms with van der Waals surface area (Å²) >= 11 is 0. The number of ketones is 2. The van der Waals surface area contributed by atoms with Crippen molar-refractivity contribution >= 4 is 11.6 Å². The Balaban J connectivity index is 1.53. The standard InChI is InChI=1S/C43H73N3O5/c1-4-9-36(41(50)27-45-17-5-2)33-21-29(19-28-16-18-46-43(44)22-28)20-31-13-15-35(30-10-7-6-8-11-30)37-26-40(49)42(51-3)24-32(37)12-14-34(47)25-39(48)38(31)23-33/h28-33,35-38,40-43,45-46,49-50H,4-12,14,16-27,44H2,1-3H3/t28?,29-,31+,32?,33-,35-,36-,37?,38-,40?,41+,42?,43?/m1/s1. The maximum absolute atomic E-state index is 14.4. The number of fused-ring (bicyclic) bond motifs is 2. The molecule has 51 heavy (non-hydrogen) atoms. The number of hydrogen-bond acceptors (Lipinski definition) is 8. The van der Waals surface area contributed by atoms with Crippen LogP contribution in [0.5, 0.6) is 0 Å². The largest absolute Gasteiger partial charge is 0.392 e. The molecule has 1 aliphatic heterocycles. The highest BCUT2D eigenvalue weighted by molar-refractivity contribution is 6.00. The Morgan fingerprint density at radius 1 is 0.941 bits per heavy atom. The van der Waals surface area contributed by atoms with Gasteiger partial charge in [-0.15, -0.1) is 0 Å². The predicted molar refractivity (Wildman–Crippen MR) is 203 cm³/mol. The molecule has 1 heterocycles. The van der Waals surface area contributed by atoms with Gasteiger partial charge in [0.15, 0.2) is 0 Å². The molecule has 0 aromatic rings. The van der Waals surface area contributed by atoms with Gasteiger partial charge in [-0.05, 0) is 138 Å². The van der Waals surface area contributed by atoms with Crippen LogP contribution >= 0.6 is 0 Å². The van der Waals surface area contributed by atoms with Crippen LogP contribution in [0.4, 0.5) is 0 Å². The third-order valence-corrected chi connectivity index (χ3v) is 14.0. The first kappa shape index (κ1) is 40.8. The van der Waals surface area contributed by atoms with Crippen LogP contribution in [0.2, 0.25) is 0 Å². The van der Waals surface area contributed by atoms with Crippen LogP contribution in [-0.4, -0.2) is 73.0 Å². The summed E-state index contributed by atoms with van der Waals surface area (Å²) in [5.41, 5.74) is 6.40. The van der Waals surface area contributed by atoms with Crippen molar-refractivity contribution in [2.24, 2.45) is 64.9 Å². The molecule has 0 spiro atoms. The van der Waals surface area contributed by atoms with Crippen molar-refractivity contribution in [1.29, 1.82) is 0 Å². The molecule has 0 amide bonds. The zero-order valence-electron chi connectivity index (χ0n) is 32.3. The van der Waals surface area contributed by atoms with E-state index < -0.39 is 12.2 Å². The highest BCUT2D eigenvalue weighted by Gasteiger charge is 2.45. The van der Waals surface area contributed by atoms with Crippen LogP contribution in [-0.2, 0) is 14.3 Å². The van der Waals surface area contributed by atoms with E-state index in [1.165, 1.54) is 32.1 Å². The Hall–Kier alpha value is -1.34. The zero-order valence-corrected chi connectivity index (χ0v) is 32.3.